The summed E-state index contributed by atoms with van der Waals surface area (Å²) in [6.45, 7) is 9.01. The summed E-state index contributed by atoms with van der Waals surface area (Å²) in [5.41, 5.74) is 4.57. The van der Waals surface area contributed by atoms with Crippen LogP contribution in [0.25, 0.3) is 0 Å². The van der Waals surface area contributed by atoms with Crippen LogP contribution in [0.3, 0.4) is 0 Å². The molecule has 0 amide bonds. The summed E-state index contributed by atoms with van der Waals surface area (Å²) in [6, 6.07) is 8.23. The molecule has 0 aliphatic carbocycles. The van der Waals surface area contributed by atoms with E-state index in [0.29, 0.717) is 0 Å². The van der Waals surface area contributed by atoms with Crippen molar-refractivity contribution in [3.8, 4) is 0 Å². The van der Waals surface area contributed by atoms with Gasteiger partial charge in [-0.3, -0.25) is 4.99 Å². The Morgan fingerprint density at radius 3 is 2.20 bits per heavy atom. The van der Waals surface area contributed by atoms with Crippen molar-refractivity contribution >= 4 is 20.0 Å². The van der Waals surface area contributed by atoms with E-state index in [0.717, 1.165) is 5.69 Å². The molecule has 80 valence electrons. The quantitative estimate of drug-likeness (QED) is 0.533. The van der Waals surface area contributed by atoms with E-state index in [9.17, 15) is 0 Å². The molecule has 0 fully saturated rings. The molecule has 0 spiro atoms. The standard InChI is InChI=1S/C13H19NSi/c1-12-6-8-13(9-7-12)14-10-5-11-15(2,3)4/h5-11H,1-4H3/b11-5+,14-10?. The van der Waals surface area contributed by atoms with E-state index in [1.54, 1.807) is 0 Å². The van der Waals surface area contributed by atoms with Gasteiger partial charge in [-0.1, -0.05) is 49.1 Å². The third-order valence-electron chi connectivity index (χ3n) is 1.94. The van der Waals surface area contributed by atoms with Gasteiger partial charge in [0.25, 0.3) is 0 Å². The molecule has 0 unspecified atom stereocenters. The Hall–Kier alpha value is -1.15. The average molecular weight is 217 g/mol. The number of aryl methyl sites for hydroxylation is 1. The fourth-order valence-electron chi connectivity index (χ4n) is 1.09. The van der Waals surface area contributed by atoms with Gasteiger partial charge in [-0.05, 0) is 19.1 Å². The van der Waals surface area contributed by atoms with Gasteiger partial charge in [0.15, 0.2) is 0 Å². The number of rotatable bonds is 3. The summed E-state index contributed by atoms with van der Waals surface area (Å²) in [5.74, 6) is 0. The largest absolute Gasteiger partial charge is 0.257 e. The first-order chi connectivity index (χ1) is 6.97. The maximum atomic E-state index is 4.36. The second kappa shape index (κ2) is 5.08. The van der Waals surface area contributed by atoms with E-state index in [1.165, 1.54) is 5.56 Å². The molecule has 0 saturated heterocycles. The molecule has 1 rings (SSSR count). The predicted molar refractivity (Wildman–Crippen MR) is 71.8 cm³/mol. The Kier molecular flexibility index (Phi) is 4.03. The van der Waals surface area contributed by atoms with Crippen LogP contribution in [-0.2, 0) is 0 Å². The van der Waals surface area contributed by atoms with Crippen LogP contribution in [0.5, 0.6) is 0 Å². The van der Waals surface area contributed by atoms with Crippen molar-refractivity contribution in [3.05, 3.63) is 41.6 Å². The van der Waals surface area contributed by atoms with Crippen LogP contribution in [0.2, 0.25) is 19.6 Å². The van der Waals surface area contributed by atoms with Crippen molar-refractivity contribution in [2.75, 3.05) is 0 Å². The zero-order chi connectivity index (χ0) is 11.3. The lowest BCUT2D eigenvalue weighted by Gasteiger charge is -2.06. The summed E-state index contributed by atoms with van der Waals surface area (Å²) in [6.07, 6.45) is 3.94. The highest BCUT2D eigenvalue weighted by atomic mass is 28.3. The molecule has 1 aromatic carbocycles. The Bertz CT molecular complexity index is 355. The van der Waals surface area contributed by atoms with E-state index < -0.39 is 8.07 Å². The monoisotopic (exact) mass is 217 g/mol. The van der Waals surface area contributed by atoms with Crippen LogP contribution in [0, 0.1) is 6.92 Å². The minimum Gasteiger partial charge on any atom is -0.257 e. The predicted octanol–water partition coefficient (Wildman–Crippen LogP) is 4.13. The molecule has 0 bridgehead atoms. The molecule has 2 heteroatoms. The van der Waals surface area contributed by atoms with Crippen molar-refractivity contribution in [3.63, 3.8) is 0 Å². The maximum Gasteiger partial charge on any atom is 0.0687 e. The number of hydrogen-bond acceptors (Lipinski definition) is 1. The minimum absolute atomic E-state index is 1.01. The van der Waals surface area contributed by atoms with Crippen LogP contribution >= 0.6 is 0 Å². The maximum absolute atomic E-state index is 4.36. The molecule has 1 aromatic rings. The zero-order valence-corrected chi connectivity index (χ0v) is 11.0. The third kappa shape index (κ3) is 5.33. The smallest absolute Gasteiger partial charge is 0.0687 e. The summed E-state index contributed by atoms with van der Waals surface area (Å²) in [4.78, 5) is 4.36. The Morgan fingerprint density at radius 1 is 1.07 bits per heavy atom. The SMILES string of the molecule is Cc1ccc(N=C/C=C/[Si](C)(C)C)cc1. The highest BCUT2D eigenvalue weighted by Crippen LogP contribution is 2.11. The van der Waals surface area contributed by atoms with Crippen LogP contribution in [0.1, 0.15) is 5.56 Å². The lowest BCUT2D eigenvalue weighted by Crippen LogP contribution is -2.15. The van der Waals surface area contributed by atoms with Gasteiger partial charge in [-0.2, -0.15) is 0 Å². The number of allylic oxidation sites excluding steroid dienone is 1. The number of hydrogen-bond donors (Lipinski definition) is 0. The topological polar surface area (TPSA) is 12.4 Å². The molecule has 0 saturated carbocycles. The van der Waals surface area contributed by atoms with Gasteiger partial charge in [-0.25, -0.2) is 0 Å². The van der Waals surface area contributed by atoms with Crippen molar-refractivity contribution in [2.24, 2.45) is 4.99 Å². The molecule has 0 radical (unpaired) electrons. The lowest BCUT2D eigenvalue weighted by molar-refractivity contribution is 1.44. The minimum atomic E-state index is -1.08. The van der Waals surface area contributed by atoms with E-state index in [4.69, 9.17) is 0 Å². The second-order valence-corrected chi connectivity index (χ2v) is 9.90. The van der Waals surface area contributed by atoms with E-state index >= 15 is 0 Å². The van der Waals surface area contributed by atoms with Gasteiger partial charge in [0.05, 0.1) is 13.8 Å². The number of benzene rings is 1. The van der Waals surface area contributed by atoms with Crippen LogP contribution in [0.15, 0.2) is 41.0 Å². The Labute approximate surface area is 93.6 Å². The molecule has 0 atom stereocenters. The number of nitrogens with zero attached hydrogens (tertiary/aromatic N) is 1. The van der Waals surface area contributed by atoms with Crippen molar-refractivity contribution in [1.82, 2.24) is 0 Å². The summed E-state index contributed by atoms with van der Waals surface area (Å²) in [7, 11) is -1.08. The van der Waals surface area contributed by atoms with Crippen LogP contribution in [0.4, 0.5) is 5.69 Å². The first-order valence-corrected chi connectivity index (χ1v) is 8.84. The fraction of sp³-hybridized carbons (Fsp3) is 0.308. The van der Waals surface area contributed by atoms with Gasteiger partial charge in [0, 0.05) is 6.21 Å². The van der Waals surface area contributed by atoms with E-state index in [2.05, 4.69) is 55.5 Å². The molecular weight excluding hydrogens is 198 g/mol. The molecule has 0 aliphatic rings. The zero-order valence-electron chi connectivity index (χ0n) is 9.99. The highest BCUT2D eigenvalue weighted by molar-refractivity contribution is 6.81. The van der Waals surface area contributed by atoms with Gasteiger partial charge in [0.2, 0.25) is 0 Å². The molecule has 15 heavy (non-hydrogen) atoms. The van der Waals surface area contributed by atoms with Gasteiger partial charge < -0.3 is 0 Å². The summed E-state index contributed by atoms with van der Waals surface area (Å²) >= 11 is 0. The Morgan fingerprint density at radius 2 is 1.67 bits per heavy atom. The first-order valence-electron chi connectivity index (χ1n) is 5.26. The highest BCUT2D eigenvalue weighted by Gasteiger charge is 2.05. The van der Waals surface area contributed by atoms with Crippen LogP contribution in [-0.4, -0.2) is 14.3 Å². The molecule has 0 aromatic heterocycles. The fourth-order valence-corrected chi connectivity index (χ4v) is 1.76. The summed E-state index contributed by atoms with van der Waals surface area (Å²) in [5, 5.41) is 0. The molecule has 0 heterocycles. The van der Waals surface area contributed by atoms with Crippen molar-refractivity contribution in [2.45, 2.75) is 26.6 Å². The van der Waals surface area contributed by atoms with E-state index in [-0.39, 0.29) is 0 Å². The van der Waals surface area contributed by atoms with E-state index in [1.807, 2.05) is 18.3 Å². The molecule has 0 aliphatic heterocycles. The van der Waals surface area contributed by atoms with Crippen molar-refractivity contribution in [1.29, 1.82) is 0 Å². The lowest BCUT2D eigenvalue weighted by atomic mass is 10.2. The van der Waals surface area contributed by atoms with Crippen LogP contribution < -0.4 is 0 Å². The molecule has 0 N–H and O–H groups in total. The van der Waals surface area contributed by atoms with Gasteiger partial charge >= 0.3 is 0 Å². The molecular formula is C13H19NSi. The normalized spacial score (nSPS) is 12.8. The van der Waals surface area contributed by atoms with Gasteiger partial charge in [0.1, 0.15) is 0 Å². The third-order valence-corrected chi connectivity index (χ3v) is 3.13. The second-order valence-electron chi connectivity index (χ2n) is 4.84. The van der Waals surface area contributed by atoms with Gasteiger partial charge in [-0.15, -0.1) is 0 Å². The first kappa shape index (κ1) is 11.9. The average Bonchev–Trinajstić information content (AvgIpc) is 2.14. The van der Waals surface area contributed by atoms with Crippen molar-refractivity contribution < 1.29 is 0 Å². The molecule has 1 nitrogen and oxygen atoms in total. The summed E-state index contributed by atoms with van der Waals surface area (Å²) < 4.78 is 0. The Balaban J connectivity index is 2.59. The number of aliphatic imine (C=N–C) groups is 1.